The third kappa shape index (κ3) is 3.02. The highest BCUT2D eigenvalue weighted by atomic mass is 35.5. The summed E-state index contributed by atoms with van der Waals surface area (Å²) in [6.07, 6.45) is 0. The maximum atomic E-state index is 9.23. The summed E-state index contributed by atoms with van der Waals surface area (Å²) in [5, 5.41) is 13.1. The summed E-state index contributed by atoms with van der Waals surface area (Å²) >= 11 is 7.59. The van der Waals surface area contributed by atoms with Crippen LogP contribution in [0.5, 0.6) is 0 Å². The molecule has 0 amide bonds. The number of halogens is 1. The van der Waals surface area contributed by atoms with Crippen molar-refractivity contribution in [3.8, 4) is 11.3 Å². The Bertz CT molecular complexity index is 525. The molecule has 0 saturated carbocycles. The molecule has 2 aromatic rings. The van der Waals surface area contributed by atoms with Gasteiger partial charge in [0.1, 0.15) is 10.0 Å². The Balaban J connectivity index is 2.28. The zero-order valence-corrected chi connectivity index (χ0v) is 11.8. The number of benzene rings is 1. The van der Waals surface area contributed by atoms with Crippen molar-refractivity contribution < 1.29 is 5.11 Å². The van der Waals surface area contributed by atoms with E-state index in [0.717, 1.165) is 16.4 Å². The van der Waals surface area contributed by atoms with Crippen LogP contribution in [-0.4, -0.2) is 22.2 Å². The molecule has 1 aromatic carbocycles. The Morgan fingerprint density at radius 3 is 2.61 bits per heavy atom. The lowest BCUT2D eigenvalue weighted by Crippen LogP contribution is -2.34. The first-order valence-corrected chi connectivity index (χ1v) is 6.82. The molecule has 2 N–H and O–H groups in total. The summed E-state index contributed by atoms with van der Waals surface area (Å²) in [5.41, 5.74) is 1.36. The molecule has 2 rings (SSSR count). The third-order valence-electron chi connectivity index (χ3n) is 2.47. The van der Waals surface area contributed by atoms with E-state index in [1.54, 1.807) is 0 Å². The van der Waals surface area contributed by atoms with Gasteiger partial charge in [0.15, 0.2) is 5.13 Å². The Morgan fingerprint density at radius 1 is 1.33 bits per heavy atom. The minimum Gasteiger partial charge on any atom is -0.394 e. The Hall–Kier alpha value is -1.10. The van der Waals surface area contributed by atoms with Gasteiger partial charge in [0.2, 0.25) is 0 Å². The number of hydrogen-bond donors (Lipinski definition) is 2. The standard InChI is InChI=1S/C13H15ClN2OS/c1-13(2,8-17)16-12-15-10(11(14)18-12)9-6-4-3-5-7-9/h3-7,17H,8H2,1-2H3,(H,15,16). The zero-order chi connectivity index (χ0) is 13.2. The number of nitrogens with one attached hydrogen (secondary N) is 1. The van der Waals surface area contributed by atoms with Crippen LogP contribution in [0.15, 0.2) is 30.3 Å². The second-order valence-corrected chi connectivity index (χ2v) is 6.28. The van der Waals surface area contributed by atoms with Gasteiger partial charge in [-0.25, -0.2) is 4.98 Å². The minimum atomic E-state index is -0.408. The molecule has 3 nitrogen and oxygen atoms in total. The van der Waals surface area contributed by atoms with Crippen LogP contribution in [0.4, 0.5) is 5.13 Å². The maximum absolute atomic E-state index is 9.23. The largest absolute Gasteiger partial charge is 0.394 e. The predicted molar refractivity (Wildman–Crippen MR) is 77.3 cm³/mol. The van der Waals surface area contributed by atoms with E-state index >= 15 is 0 Å². The zero-order valence-electron chi connectivity index (χ0n) is 10.3. The monoisotopic (exact) mass is 282 g/mol. The predicted octanol–water partition coefficient (Wildman–Crippen LogP) is 3.65. The molecule has 0 bridgehead atoms. The molecule has 96 valence electrons. The van der Waals surface area contributed by atoms with Crippen molar-refractivity contribution >= 4 is 28.1 Å². The van der Waals surface area contributed by atoms with Crippen LogP contribution in [0.3, 0.4) is 0 Å². The molecule has 0 fully saturated rings. The summed E-state index contributed by atoms with van der Waals surface area (Å²) in [6.45, 7) is 3.85. The fourth-order valence-corrected chi connectivity index (χ4v) is 2.72. The van der Waals surface area contributed by atoms with E-state index in [1.165, 1.54) is 11.3 Å². The van der Waals surface area contributed by atoms with E-state index in [4.69, 9.17) is 11.6 Å². The molecule has 0 saturated heterocycles. The normalized spacial score (nSPS) is 11.6. The molecule has 5 heteroatoms. The van der Waals surface area contributed by atoms with Crippen molar-refractivity contribution in [3.63, 3.8) is 0 Å². The number of anilines is 1. The molecular weight excluding hydrogens is 268 g/mol. The third-order valence-corrected chi connectivity index (χ3v) is 3.64. The van der Waals surface area contributed by atoms with Crippen LogP contribution in [0.25, 0.3) is 11.3 Å². The number of nitrogens with zero attached hydrogens (tertiary/aromatic N) is 1. The lowest BCUT2D eigenvalue weighted by Gasteiger charge is -2.22. The van der Waals surface area contributed by atoms with Gasteiger partial charge < -0.3 is 10.4 Å². The van der Waals surface area contributed by atoms with Crippen molar-refractivity contribution in [3.05, 3.63) is 34.7 Å². The number of aliphatic hydroxyl groups is 1. The van der Waals surface area contributed by atoms with Gasteiger partial charge in [-0.2, -0.15) is 0 Å². The molecule has 0 aliphatic heterocycles. The number of aliphatic hydroxyl groups excluding tert-OH is 1. The van der Waals surface area contributed by atoms with Crippen LogP contribution in [0, 0.1) is 0 Å². The van der Waals surface area contributed by atoms with E-state index in [0.29, 0.717) is 4.34 Å². The lowest BCUT2D eigenvalue weighted by atomic mass is 10.1. The molecule has 0 radical (unpaired) electrons. The van der Waals surface area contributed by atoms with Crippen molar-refractivity contribution in [2.45, 2.75) is 19.4 Å². The van der Waals surface area contributed by atoms with Gasteiger partial charge in [0.25, 0.3) is 0 Å². The van der Waals surface area contributed by atoms with Gasteiger partial charge in [-0.15, -0.1) is 0 Å². The van der Waals surface area contributed by atoms with Gasteiger partial charge in [-0.1, -0.05) is 53.3 Å². The second-order valence-electron chi connectivity index (χ2n) is 4.67. The smallest absolute Gasteiger partial charge is 0.185 e. The van der Waals surface area contributed by atoms with E-state index in [1.807, 2.05) is 44.2 Å². The Kier molecular flexibility index (Phi) is 3.90. The highest BCUT2D eigenvalue weighted by Crippen LogP contribution is 2.35. The molecule has 1 aromatic heterocycles. The fraction of sp³-hybridized carbons (Fsp3) is 0.308. The van der Waals surface area contributed by atoms with Crippen molar-refractivity contribution in [2.24, 2.45) is 0 Å². The summed E-state index contributed by atoms with van der Waals surface area (Å²) in [6, 6.07) is 9.81. The first-order chi connectivity index (χ1) is 8.52. The van der Waals surface area contributed by atoms with E-state index < -0.39 is 5.54 Å². The highest BCUT2D eigenvalue weighted by Gasteiger charge is 2.19. The van der Waals surface area contributed by atoms with Crippen LogP contribution in [-0.2, 0) is 0 Å². The summed E-state index contributed by atoms with van der Waals surface area (Å²) in [5.74, 6) is 0. The molecule has 0 atom stereocenters. The van der Waals surface area contributed by atoms with Crippen LogP contribution >= 0.6 is 22.9 Å². The SMILES string of the molecule is CC(C)(CO)Nc1nc(-c2ccccc2)c(Cl)s1. The fourth-order valence-electron chi connectivity index (χ4n) is 1.46. The van der Waals surface area contributed by atoms with Gasteiger partial charge in [0, 0.05) is 5.56 Å². The average Bonchev–Trinajstić information content (AvgIpc) is 2.70. The lowest BCUT2D eigenvalue weighted by molar-refractivity contribution is 0.234. The number of thiazole rings is 1. The first-order valence-electron chi connectivity index (χ1n) is 5.62. The number of aromatic nitrogens is 1. The number of rotatable bonds is 4. The minimum absolute atomic E-state index is 0.0326. The van der Waals surface area contributed by atoms with Crippen LogP contribution in [0.1, 0.15) is 13.8 Å². The van der Waals surface area contributed by atoms with Crippen molar-refractivity contribution in [1.82, 2.24) is 4.98 Å². The Labute approximate surface area is 115 Å². The van der Waals surface area contributed by atoms with Gasteiger partial charge in [0.05, 0.1) is 12.1 Å². The van der Waals surface area contributed by atoms with Crippen LogP contribution < -0.4 is 5.32 Å². The summed E-state index contributed by atoms with van der Waals surface area (Å²) in [7, 11) is 0. The van der Waals surface area contributed by atoms with Crippen LogP contribution in [0.2, 0.25) is 4.34 Å². The molecule has 0 spiro atoms. The molecule has 0 unspecified atom stereocenters. The Morgan fingerprint density at radius 2 is 2.00 bits per heavy atom. The maximum Gasteiger partial charge on any atom is 0.185 e. The average molecular weight is 283 g/mol. The molecule has 0 aliphatic rings. The van der Waals surface area contributed by atoms with Gasteiger partial charge in [-0.05, 0) is 13.8 Å². The quantitative estimate of drug-likeness (QED) is 0.900. The number of hydrogen-bond acceptors (Lipinski definition) is 4. The highest BCUT2D eigenvalue weighted by molar-refractivity contribution is 7.20. The summed E-state index contributed by atoms with van der Waals surface area (Å²) < 4.78 is 0.650. The van der Waals surface area contributed by atoms with E-state index in [-0.39, 0.29) is 6.61 Å². The molecular formula is C13H15ClN2OS. The second kappa shape index (κ2) is 5.26. The topological polar surface area (TPSA) is 45.1 Å². The van der Waals surface area contributed by atoms with E-state index in [2.05, 4.69) is 10.3 Å². The molecule has 1 heterocycles. The van der Waals surface area contributed by atoms with Crippen molar-refractivity contribution in [1.29, 1.82) is 0 Å². The van der Waals surface area contributed by atoms with Gasteiger partial charge >= 0.3 is 0 Å². The molecule has 0 aliphatic carbocycles. The van der Waals surface area contributed by atoms with Crippen molar-refractivity contribution in [2.75, 3.05) is 11.9 Å². The summed E-state index contributed by atoms with van der Waals surface area (Å²) in [4.78, 5) is 4.48. The molecule has 18 heavy (non-hydrogen) atoms. The van der Waals surface area contributed by atoms with E-state index in [9.17, 15) is 5.11 Å². The van der Waals surface area contributed by atoms with Gasteiger partial charge in [-0.3, -0.25) is 0 Å². The first kappa shape index (κ1) is 13.3.